The lowest BCUT2D eigenvalue weighted by Crippen LogP contribution is -2.10. The van der Waals surface area contributed by atoms with Crippen LogP contribution in [0, 0.1) is 5.82 Å². The fourth-order valence-electron chi connectivity index (χ4n) is 1.60. The highest BCUT2D eigenvalue weighted by Crippen LogP contribution is 2.21. The van der Waals surface area contributed by atoms with Crippen LogP contribution < -0.4 is 4.74 Å². The van der Waals surface area contributed by atoms with E-state index in [1.165, 1.54) is 18.2 Å². The average molecular weight is 278 g/mol. The van der Waals surface area contributed by atoms with Crippen molar-refractivity contribution >= 4 is 5.97 Å². The number of allylic oxidation sites excluding steroid dienone is 1. The van der Waals surface area contributed by atoms with Crippen LogP contribution in [0.2, 0.25) is 0 Å². The molecule has 0 fully saturated rings. The second-order valence-electron chi connectivity index (χ2n) is 4.09. The van der Waals surface area contributed by atoms with E-state index in [1.807, 2.05) is 13.0 Å². The Hall–Kier alpha value is -2.10. The summed E-state index contributed by atoms with van der Waals surface area (Å²) >= 11 is 0. The van der Waals surface area contributed by atoms with Gasteiger partial charge in [0.25, 0.3) is 0 Å². The molecule has 0 saturated carbocycles. The van der Waals surface area contributed by atoms with Crippen LogP contribution >= 0.6 is 0 Å². The Labute approximate surface area is 118 Å². The number of hydrogen-bond donors (Lipinski definition) is 0. The van der Waals surface area contributed by atoms with Gasteiger partial charge in [-0.2, -0.15) is 0 Å². The second-order valence-corrected chi connectivity index (χ2v) is 4.09. The first kappa shape index (κ1) is 16.0. The van der Waals surface area contributed by atoms with Crippen molar-refractivity contribution in [3.05, 3.63) is 53.9 Å². The van der Waals surface area contributed by atoms with Gasteiger partial charge in [-0.15, -0.1) is 0 Å². The Kier molecular flexibility index (Phi) is 6.50. The number of halogens is 1. The van der Waals surface area contributed by atoms with Crippen molar-refractivity contribution < 1.29 is 18.7 Å². The largest absolute Gasteiger partial charge is 0.489 e. The monoisotopic (exact) mass is 278 g/mol. The zero-order valence-corrected chi connectivity index (χ0v) is 11.8. The van der Waals surface area contributed by atoms with Crippen molar-refractivity contribution in [3.63, 3.8) is 0 Å². The molecule has 0 unspecified atom stereocenters. The second kappa shape index (κ2) is 8.15. The molecule has 0 aromatic heterocycles. The van der Waals surface area contributed by atoms with Gasteiger partial charge in [0.15, 0.2) is 0 Å². The molecule has 0 heterocycles. The van der Waals surface area contributed by atoms with Gasteiger partial charge in [0, 0.05) is 11.6 Å². The molecular formula is C16H19FO3. The van der Waals surface area contributed by atoms with E-state index < -0.39 is 5.82 Å². The number of carbonyl (C=O) groups excluding carboxylic acids is 1. The maximum Gasteiger partial charge on any atom is 0.310 e. The van der Waals surface area contributed by atoms with Crippen LogP contribution in [0.1, 0.15) is 19.4 Å². The van der Waals surface area contributed by atoms with Gasteiger partial charge in [-0.1, -0.05) is 24.8 Å². The Morgan fingerprint density at radius 1 is 1.45 bits per heavy atom. The molecule has 0 radical (unpaired) electrons. The smallest absolute Gasteiger partial charge is 0.310 e. The highest BCUT2D eigenvalue weighted by Gasteiger charge is 2.11. The van der Waals surface area contributed by atoms with Crippen molar-refractivity contribution in [2.75, 3.05) is 13.2 Å². The third-order valence-corrected chi connectivity index (χ3v) is 2.70. The van der Waals surface area contributed by atoms with E-state index in [2.05, 4.69) is 6.58 Å². The molecule has 0 saturated heterocycles. The molecule has 0 aliphatic heterocycles. The Morgan fingerprint density at radius 3 is 2.80 bits per heavy atom. The first-order valence-corrected chi connectivity index (χ1v) is 6.45. The maximum absolute atomic E-state index is 13.3. The van der Waals surface area contributed by atoms with Crippen LogP contribution in [-0.2, 0) is 16.0 Å². The van der Waals surface area contributed by atoms with E-state index in [1.54, 1.807) is 13.0 Å². The Morgan fingerprint density at radius 2 is 2.20 bits per heavy atom. The molecule has 20 heavy (non-hydrogen) atoms. The van der Waals surface area contributed by atoms with Crippen LogP contribution in [0.25, 0.3) is 0 Å². The molecule has 108 valence electrons. The Bertz CT molecular complexity index is 506. The molecule has 1 aromatic carbocycles. The predicted octanol–water partition coefficient (Wildman–Crippen LogP) is 3.44. The molecule has 4 heteroatoms. The van der Waals surface area contributed by atoms with Crippen molar-refractivity contribution in [1.82, 2.24) is 0 Å². The van der Waals surface area contributed by atoms with Crippen molar-refractivity contribution in [1.29, 1.82) is 0 Å². The van der Waals surface area contributed by atoms with E-state index in [9.17, 15) is 9.18 Å². The minimum atomic E-state index is -0.409. The summed E-state index contributed by atoms with van der Waals surface area (Å²) in [5, 5.41) is 0. The Balaban J connectivity index is 2.84. The third-order valence-electron chi connectivity index (χ3n) is 2.70. The number of hydrogen-bond acceptors (Lipinski definition) is 3. The van der Waals surface area contributed by atoms with E-state index in [0.717, 1.165) is 5.57 Å². The lowest BCUT2D eigenvalue weighted by molar-refractivity contribution is -0.142. The highest BCUT2D eigenvalue weighted by atomic mass is 19.1. The summed E-state index contributed by atoms with van der Waals surface area (Å²) in [5.74, 6) is -0.425. The molecule has 0 aliphatic rings. The van der Waals surface area contributed by atoms with Crippen LogP contribution in [0.4, 0.5) is 4.39 Å². The molecule has 1 aromatic rings. The fourth-order valence-corrected chi connectivity index (χ4v) is 1.60. The summed E-state index contributed by atoms with van der Waals surface area (Å²) in [6.45, 7) is 7.86. The van der Waals surface area contributed by atoms with Gasteiger partial charge in [-0.25, -0.2) is 4.39 Å². The maximum atomic E-state index is 13.3. The SMILES string of the molecule is C=C/C(=C\C)COc1cc(F)ccc1CC(=O)OCC. The minimum absolute atomic E-state index is 0.0582. The normalized spacial score (nSPS) is 11.1. The summed E-state index contributed by atoms with van der Waals surface area (Å²) < 4.78 is 23.7. The summed E-state index contributed by atoms with van der Waals surface area (Å²) in [6.07, 6.45) is 3.59. The molecule has 1 rings (SSSR count). The molecule has 0 spiro atoms. The topological polar surface area (TPSA) is 35.5 Å². The van der Waals surface area contributed by atoms with Crippen LogP contribution in [0.5, 0.6) is 5.75 Å². The number of esters is 1. The van der Waals surface area contributed by atoms with E-state index in [4.69, 9.17) is 9.47 Å². The van der Waals surface area contributed by atoms with Gasteiger partial charge < -0.3 is 9.47 Å². The number of ether oxygens (including phenoxy) is 2. The quantitative estimate of drug-likeness (QED) is 0.566. The van der Waals surface area contributed by atoms with Gasteiger partial charge in [-0.3, -0.25) is 4.79 Å². The van der Waals surface area contributed by atoms with Gasteiger partial charge >= 0.3 is 5.97 Å². The van der Waals surface area contributed by atoms with Crippen molar-refractivity contribution in [2.24, 2.45) is 0 Å². The van der Waals surface area contributed by atoms with E-state index in [0.29, 0.717) is 17.9 Å². The lowest BCUT2D eigenvalue weighted by Gasteiger charge is -2.12. The number of benzene rings is 1. The summed E-state index contributed by atoms with van der Waals surface area (Å²) in [7, 11) is 0. The van der Waals surface area contributed by atoms with Gasteiger partial charge in [0.2, 0.25) is 0 Å². The summed E-state index contributed by atoms with van der Waals surface area (Å²) in [6, 6.07) is 4.10. The minimum Gasteiger partial charge on any atom is -0.489 e. The van der Waals surface area contributed by atoms with Crippen LogP contribution in [-0.4, -0.2) is 19.2 Å². The lowest BCUT2D eigenvalue weighted by atomic mass is 10.1. The number of carbonyl (C=O) groups is 1. The summed E-state index contributed by atoms with van der Waals surface area (Å²) in [5.41, 5.74) is 1.49. The van der Waals surface area contributed by atoms with Crippen molar-refractivity contribution in [2.45, 2.75) is 20.3 Å². The average Bonchev–Trinajstić information content (AvgIpc) is 2.43. The standard InChI is InChI=1S/C16H19FO3/c1-4-12(5-2)11-20-15-10-14(17)8-7-13(15)9-16(18)19-6-3/h4-5,7-8,10H,1,6,9,11H2,2-3H3/b12-5+. The molecule has 3 nitrogen and oxygen atoms in total. The molecule has 0 aliphatic carbocycles. The third kappa shape index (κ3) is 4.88. The first-order chi connectivity index (χ1) is 9.60. The van der Waals surface area contributed by atoms with Crippen molar-refractivity contribution in [3.8, 4) is 5.75 Å². The van der Waals surface area contributed by atoms with Gasteiger partial charge in [0.1, 0.15) is 18.2 Å². The zero-order chi connectivity index (χ0) is 15.0. The predicted molar refractivity (Wildman–Crippen MR) is 76.2 cm³/mol. The molecular weight excluding hydrogens is 259 g/mol. The first-order valence-electron chi connectivity index (χ1n) is 6.45. The highest BCUT2D eigenvalue weighted by molar-refractivity contribution is 5.73. The van der Waals surface area contributed by atoms with Crippen LogP contribution in [0.3, 0.4) is 0 Å². The molecule has 0 N–H and O–H groups in total. The molecule has 0 bridgehead atoms. The van der Waals surface area contributed by atoms with E-state index >= 15 is 0 Å². The van der Waals surface area contributed by atoms with E-state index in [-0.39, 0.29) is 19.0 Å². The number of rotatable bonds is 7. The summed E-state index contributed by atoms with van der Waals surface area (Å²) in [4.78, 5) is 11.5. The van der Waals surface area contributed by atoms with Gasteiger partial charge in [-0.05, 0) is 25.5 Å². The van der Waals surface area contributed by atoms with Gasteiger partial charge in [0.05, 0.1) is 13.0 Å². The van der Waals surface area contributed by atoms with Crippen LogP contribution in [0.15, 0.2) is 42.5 Å². The zero-order valence-electron chi connectivity index (χ0n) is 11.8. The molecule has 0 amide bonds. The fraction of sp³-hybridized carbons (Fsp3) is 0.312. The molecule has 0 atom stereocenters.